The maximum atomic E-state index is 14.4. The molecular formula is C38H52N4O7. The predicted octanol–water partition coefficient (Wildman–Crippen LogP) is 4.31. The molecule has 6 atom stereocenters. The van der Waals surface area contributed by atoms with Crippen molar-refractivity contribution in [3.63, 3.8) is 0 Å². The van der Waals surface area contributed by atoms with Gasteiger partial charge in [-0.2, -0.15) is 0 Å². The molecular weight excluding hydrogens is 624 g/mol. The highest BCUT2D eigenvalue weighted by atomic mass is 16.5. The van der Waals surface area contributed by atoms with Crippen LogP contribution >= 0.6 is 0 Å². The van der Waals surface area contributed by atoms with E-state index in [9.17, 15) is 29.1 Å². The second kappa shape index (κ2) is 15.7. The van der Waals surface area contributed by atoms with E-state index >= 15 is 0 Å². The number of ether oxygens (including phenoxy) is 1. The van der Waals surface area contributed by atoms with Gasteiger partial charge in [0.15, 0.2) is 0 Å². The molecule has 266 valence electrons. The van der Waals surface area contributed by atoms with E-state index in [0.29, 0.717) is 12.8 Å². The van der Waals surface area contributed by atoms with Gasteiger partial charge in [-0.05, 0) is 59.8 Å². The first kappa shape index (κ1) is 36.3. The van der Waals surface area contributed by atoms with Gasteiger partial charge in [0, 0.05) is 19.9 Å². The summed E-state index contributed by atoms with van der Waals surface area (Å²) in [5, 5.41) is 20.8. The molecule has 11 nitrogen and oxygen atoms in total. The molecule has 0 spiro atoms. The predicted molar refractivity (Wildman–Crippen MR) is 185 cm³/mol. The second-order valence-electron chi connectivity index (χ2n) is 14.6. The number of benzene rings is 2. The van der Waals surface area contributed by atoms with Crippen LogP contribution in [-0.4, -0.2) is 75.9 Å². The van der Waals surface area contributed by atoms with Crippen LogP contribution in [0.15, 0.2) is 42.5 Å². The van der Waals surface area contributed by atoms with Gasteiger partial charge in [0.2, 0.25) is 23.6 Å². The molecule has 0 unspecified atom stereocenters. The summed E-state index contributed by atoms with van der Waals surface area (Å²) < 4.78 is 6.37. The first-order chi connectivity index (χ1) is 23.4. The third-order valence-corrected chi connectivity index (χ3v) is 10.7. The molecule has 2 aromatic rings. The molecule has 49 heavy (non-hydrogen) atoms. The fourth-order valence-corrected chi connectivity index (χ4v) is 7.85. The summed E-state index contributed by atoms with van der Waals surface area (Å²) in [6, 6.07) is 11.3. The summed E-state index contributed by atoms with van der Waals surface area (Å²) >= 11 is 0. The minimum absolute atomic E-state index is 0.0282. The van der Waals surface area contributed by atoms with Crippen molar-refractivity contribution in [3.05, 3.63) is 48.0 Å². The maximum Gasteiger partial charge on any atom is 0.329 e. The molecule has 4 N–H and O–H groups in total. The Bertz CT molecular complexity index is 1530. The molecule has 0 radical (unpaired) electrons. The zero-order chi connectivity index (χ0) is 35.3. The van der Waals surface area contributed by atoms with Crippen LogP contribution in [0.5, 0.6) is 0 Å². The van der Waals surface area contributed by atoms with E-state index in [1.165, 1.54) is 11.8 Å². The van der Waals surface area contributed by atoms with Crippen LogP contribution in [0.25, 0.3) is 10.8 Å². The standard InChI is InChI=1S/C38H52N4O7/c1-5-12-28-20-38(28,37(47)48)41-34(44)31-19-29(49-22-27-17-11-16-25-13-9-10-18-30(25)27)21-42(31)36(46)32(23(2)3)40-35(45)33(39-24(4)43)26-14-7-6-8-15-26/h9-11,13,16-18,23,26,28-29,31-33H,5-8,12,14-15,19-22H2,1-4H3,(H,39,43)(H,40,45)(H,41,44)(H,47,48)/t28-,29+,31-,32-,33-,38-/m0/s1. The molecule has 4 amide bonds. The number of carboxylic acid groups (broad SMARTS) is 1. The quantitative estimate of drug-likeness (QED) is 0.233. The van der Waals surface area contributed by atoms with Gasteiger partial charge in [-0.15, -0.1) is 0 Å². The number of rotatable bonds is 14. The molecule has 3 fully saturated rings. The van der Waals surface area contributed by atoms with E-state index in [1.807, 2.05) is 63.2 Å². The molecule has 2 aromatic carbocycles. The van der Waals surface area contributed by atoms with Crippen LogP contribution in [0.2, 0.25) is 0 Å². The van der Waals surface area contributed by atoms with Crippen molar-refractivity contribution in [2.45, 2.75) is 122 Å². The average molecular weight is 677 g/mol. The molecule has 2 saturated carbocycles. The van der Waals surface area contributed by atoms with Gasteiger partial charge in [-0.25, -0.2) is 4.79 Å². The summed E-state index contributed by atoms with van der Waals surface area (Å²) in [7, 11) is 0. The number of amides is 4. The van der Waals surface area contributed by atoms with E-state index in [-0.39, 0.29) is 43.2 Å². The molecule has 2 aliphatic carbocycles. The van der Waals surface area contributed by atoms with E-state index in [4.69, 9.17) is 4.74 Å². The van der Waals surface area contributed by atoms with Crippen LogP contribution in [0.1, 0.15) is 91.0 Å². The maximum absolute atomic E-state index is 14.4. The summed E-state index contributed by atoms with van der Waals surface area (Å²) in [5.74, 6) is -3.29. The highest BCUT2D eigenvalue weighted by molar-refractivity contribution is 5.97. The van der Waals surface area contributed by atoms with Crippen LogP contribution in [0, 0.1) is 17.8 Å². The number of fused-ring (bicyclic) bond motifs is 1. The molecule has 11 heteroatoms. The highest BCUT2D eigenvalue weighted by Crippen LogP contribution is 2.47. The van der Waals surface area contributed by atoms with Gasteiger partial charge in [-0.1, -0.05) is 88.9 Å². The summed E-state index contributed by atoms with van der Waals surface area (Å²) in [6.07, 6.45) is 6.17. The van der Waals surface area contributed by atoms with Gasteiger partial charge >= 0.3 is 5.97 Å². The van der Waals surface area contributed by atoms with Gasteiger partial charge in [0.25, 0.3) is 0 Å². The molecule has 1 aliphatic heterocycles. The number of hydrogen-bond donors (Lipinski definition) is 4. The zero-order valence-electron chi connectivity index (χ0n) is 29.2. The Morgan fingerprint density at radius 3 is 2.39 bits per heavy atom. The summed E-state index contributed by atoms with van der Waals surface area (Å²) in [4.78, 5) is 68.1. The number of nitrogens with zero attached hydrogens (tertiary/aromatic N) is 1. The van der Waals surface area contributed by atoms with Gasteiger partial charge in [0.1, 0.15) is 23.7 Å². The largest absolute Gasteiger partial charge is 0.479 e. The third kappa shape index (κ3) is 8.25. The molecule has 5 rings (SSSR count). The van der Waals surface area contributed by atoms with Crippen molar-refractivity contribution in [2.24, 2.45) is 17.8 Å². The van der Waals surface area contributed by atoms with Crippen molar-refractivity contribution in [3.8, 4) is 0 Å². The first-order valence-corrected chi connectivity index (χ1v) is 18.0. The first-order valence-electron chi connectivity index (χ1n) is 18.0. The van der Waals surface area contributed by atoms with E-state index in [1.54, 1.807) is 0 Å². The Kier molecular flexibility index (Phi) is 11.6. The molecule has 1 heterocycles. The Labute approximate surface area is 288 Å². The lowest BCUT2D eigenvalue weighted by Gasteiger charge is -2.34. The number of likely N-dealkylation sites (tertiary alicyclic amines) is 1. The minimum atomic E-state index is -1.35. The van der Waals surface area contributed by atoms with Crippen LogP contribution in [0.4, 0.5) is 0 Å². The number of aliphatic carboxylic acids is 1. The van der Waals surface area contributed by atoms with Gasteiger partial charge in [0.05, 0.1) is 12.7 Å². The van der Waals surface area contributed by atoms with Gasteiger partial charge < -0.3 is 30.7 Å². The lowest BCUT2D eigenvalue weighted by Crippen LogP contribution is -2.60. The van der Waals surface area contributed by atoms with Gasteiger partial charge in [-0.3, -0.25) is 19.2 Å². The fourth-order valence-electron chi connectivity index (χ4n) is 7.85. The molecule has 0 bridgehead atoms. The Morgan fingerprint density at radius 1 is 1.00 bits per heavy atom. The number of nitrogens with one attached hydrogen (secondary N) is 3. The Balaban J connectivity index is 1.37. The van der Waals surface area contributed by atoms with E-state index in [2.05, 4.69) is 16.0 Å². The molecule has 1 saturated heterocycles. The SMILES string of the molecule is CCC[C@H]1C[C@@]1(NC(=O)[C@@H]1C[C@@H](OCc2cccc3ccccc23)CN1C(=O)[C@@H](NC(=O)[C@@H](NC(C)=O)C1CCCCC1)C(C)C)C(=O)O. The third-order valence-electron chi connectivity index (χ3n) is 10.7. The van der Waals surface area contributed by atoms with Crippen molar-refractivity contribution < 1.29 is 33.8 Å². The van der Waals surface area contributed by atoms with Crippen LogP contribution in [0.3, 0.4) is 0 Å². The minimum Gasteiger partial charge on any atom is -0.479 e. The molecule has 0 aromatic heterocycles. The molecule has 3 aliphatic rings. The smallest absolute Gasteiger partial charge is 0.329 e. The monoisotopic (exact) mass is 676 g/mol. The van der Waals surface area contributed by atoms with Crippen molar-refractivity contribution in [2.75, 3.05) is 6.54 Å². The highest BCUT2D eigenvalue weighted by Gasteiger charge is 2.62. The number of carbonyl (C=O) groups is 5. The Hall–Kier alpha value is -3.99. The lowest BCUT2D eigenvalue weighted by atomic mass is 9.83. The van der Waals surface area contributed by atoms with Crippen molar-refractivity contribution >= 4 is 40.4 Å². The number of hydrogen-bond acceptors (Lipinski definition) is 6. The Morgan fingerprint density at radius 2 is 1.71 bits per heavy atom. The van der Waals surface area contributed by atoms with Crippen LogP contribution in [-0.2, 0) is 35.3 Å². The number of carbonyl (C=O) groups excluding carboxylic acids is 4. The van der Waals surface area contributed by atoms with Crippen molar-refractivity contribution in [1.82, 2.24) is 20.9 Å². The van der Waals surface area contributed by atoms with E-state index < -0.39 is 53.5 Å². The van der Waals surface area contributed by atoms with Crippen LogP contribution < -0.4 is 16.0 Å². The average Bonchev–Trinajstić information content (AvgIpc) is 3.60. The second-order valence-corrected chi connectivity index (χ2v) is 14.6. The topological polar surface area (TPSA) is 154 Å². The lowest BCUT2D eigenvalue weighted by molar-refractivity contribution is -0.146. The zero-order valence-corrected chi connectivity index (χ0v) is 29.2. The summed E-state index contributed by atoms with van der Waals surface area (Å²) in [6.45, 7) is 7.40. The van der Waals surface area contributed by atoms with Crippen molar-refractivity contribution in [1.29, 1.82) is 0 Å². The summed E-state index contributed by atoms with van der Waals surface area (Å²) in [5.41, 5.74) is -0.367. The fraction of sp³-hybridized carbons (Fsp3) is 0.605. The van der Waals surface area contributed by atoms with E-state index in [0.717, 1.165) is 54.9 Å². The number of carboxylic acids is 1. The normalized spacial score (nSPS) is 25.1.